The van der Waals surface area contributed by atoms with Crippen molar-refractivity contribution in [1.29, 1.82) is 0 Å². The van der Waals surface area contributed by atoms with E-state index >= 15 is 0 Å². The van der Waals surface area contributed by atoms with E-state index in [0.717, 1.165) is 40.0 Å². The van der Waals surface area contributed by atoms with E-state index in [1.165, 1.54) is 0 Å². The predicted molar refractivity (Wildman–Crippen MR) is 134 cm³/mol. The van der Waals surface area contributed by atoms with Crippen molar-refractivity contribution in [2.45, 2.75) is 25.8 Å². The van der Waals surface area contributed by atoms with Gasteiger partial charge in [-0.05, 0) is 35.7 Å². The highest BCUT2D eigenvalue weighted by molar-refractivity contribution is 5.55. The molecule has 0 aromatic heterocycles. The van der Waals surface area contributed by atoms with Crippen LogP contribution in [-0.4, -0.2) is 18.4 Å². The van der Waals surface area contributed by atoms with Crippen molar-refractivity contribution in [2.75, 3.05) is 7.11 Å². The van der Waals surface area contributed by atoms with Crippen LogP contribution in [0.15, 0.2) is 109 Å². The van der Waals surface area contributed by atoms with E-state index < -0.39 is 5.72 Å². The molecule has 4 aromatic carbocycles. The average Bonchev–Trinajstić information content (AvgIpc) is 2.90. The van der Waals surface area contributed by atoms with Gasteiger partial charge in [0.25, 0.3) is 0 Å². The van der Waals surface area contributed by atoms with Crippen LogP contribution < -0.4 is 4.74 Å². The van der Waals surface area contributed by atoms with E-state index in [2.05, 4.69) is 13.0 Å². The maximum absolute atomic E-state index is 12.7. The molecule has 0 N–H and O–H groups in total. The highest BCUT2D eigenvalue weighted by atomic mass is 16.5. The van der Waals surface area contributed by atoms with Crippen molar-refractivity contribution < 1.29 is 14.3 Å². The topological polar surface area (TPSA) is 38.8 Å². The molecule has 4 aromatic rings. The standard InChI is InChI=1S/C30H29NO3/c1-24-11-9-10-16-29(24)30(27-14-7-4-8-15-27,31(23-32)21-25-12-5-3-6-13-25)34-22-26-17-19-28(33-2)20-18-26/h3-20,23H,21-22H2,1-2H3. The highest BCUT2D eigenvalue weighted by Gasteiger charge is 2.42. The van der Waals surface area contributed by atoms with Gasteiger partial charge in [0.05, 0.1) is 13.7 Å². The minimum atomic E-state index is -1.12. The first-order chi connectivity index (χ1) is 16.7. The molecule has 0 heterocycles. The summed E-state index contributed by atoms with van der Waals surface area (Å²) in [6.07, 6.45) is 0.889. The van der Waals surface area contributed by atoms with Crippen molar-refractivity contribution in [3.05, 3.63) is 137 Å². The Labute approximate surface area is 201 Å². The molecule has 4 nitrogen and oxygen atoms in total. The van der Waals surface area contributed by atoms with Crippen LogP contribution in [-0.2, 0) is 28.4 Å². The predicted octanol–water partition coefficient (Wildman–Crippen LogP) is 6.08. The molecule has 4 heteroatoms. The second kappa shape index (κ2) is 10.8. The number of ether oxygens (including phenoxy) is 2. The molecule has 0 aliphatic heterocycles. The largest absolute Gasteiger partial charge is 0.497 e. The van der Waals surface area contributed by atoms with Gasteiger partial charge in [0.2, 0.25) is 6.41 Å². The van der Waals surface area contributed by atoms with Gasteiger partial charge in [-0.1, -0.05) is 97.1 Å². The molecule has 4 rings (SSSR count). The summed E-state index contributed by atoms with van der Waals surface area (Å²) in [5, 5.41) is 0. The molecule has 0 radical (unpaired) electrons. The Morgan fingerprint density at radius 1 is 0.765 bits per heavy atom. The molecule has 0 saturated carbocycles. The van der Waals surface area contributed by atoms with Crippen LogP contribution in [0.5, 0.6) is 5.75 Å². The fourth-order valence-electron chi connectivity index (χ4n) is 4.25. The Hall–Kier alpha value is -3.89. The van der Waals surface area contributed by atoms with Crippen LogP contribution in [0, 0.1) is 6.92 Å². The maximum atomic E-state index is 12.7. The third-order valence-electron chi connectivity index (χ3n) is 6.01. The Bertz CT molecular complexity index is 1190. The summed E-state index contributed by atoms with van der Waals surface area (Å²) >= 11 is 0. The van der Waals surface area contributed by atoms with E-state index in [9.17, 15) is 4.79 Å². The Morgan fingerprint density at radius 2 is 1.38 bits per heavy atom. The highest BCUT2D eigenvalue weighted by Crippen LogP contribution is 2.40. The van der Waals surface area contributed by atoms with Gasteiger partial charge in [0.15, 0.2) is 5.72 Å². The molecule has 1 amide bonds. The molecule has 0 spiro atoms. The van der Waals surface area contributed by atoms with Crippen LogP contribution >= 0.6 is 0 Å². The Balaban J connectivity index is 1.85. The zero-order valence-electron chi connectivity index (χ0n) is 19.6. The first-order valence-corrected chi connectivity index (χ1v) is 11.3. The van der Waals surface area contributed by atoms with Gasteiger partial charge in [0.1, 0.15) is 5.75 Å². The minimum Gasteiger partial charge on any atom is -0.497 e. The third kappa shape index (κ3) is 4.87. The van der Waals surface area contributed by atoms with E-state index in [4.69, 9.17) is 9.47 Å². The van der Waals surface area contributed by atoms with E-state index in [1.807, 2.05) is 103 Å². The number of carbonyl (C=O) groups excluding carboxylic acids is 1. The summed E-state index contributed by atoms with van der Waals surface area (Å²) in [5.41, 5.74) is 3.75. The number of hydrogen-bond donors (Lipinski definition) is 0. The number of rotatable bonds is 10. The summed E-state index contributed by atoms with van der Waals surface area (Å²) < 4.78 is 12.1. The number of hydrogen-bond acceptors (Lipinski definition) is 3. The number of methoxy groups -OCH3 is 1. The number of aryl methyl sites for hydroxylation is 1. The lowest BCUT2D eigenvalue weighted by atomic mass is 9.89. The first kappa shape index (κ1) is 23.3. The second-order valence-electron chi connectivity index (χ2n) is 8.18. The van der Waals surface area contributed by atoms with Crippen molar-refractivity contribution in [3.63, 3.8) is 0 Å². The van der Waals surface area contributed by atoms with E-state index in [-0.39, 0.29) is 0 Å². The lowest BCUT2D eigenvalue weighted by Crippen LogP contribution is -2.48. The van der Waals surface area contributed by atoms with Gasteiger partial charge in [-0.25, -0.2) is 0 Å². The van der Waals surface area contributed by atoms with Gasteiger partial charge in [-0.3, -0.25) is 4.79 Å². The van der Waals surface area contributed by atoms with Gasteiger partial charge in [-0.15, -0.1) is 0 Å². The zero-order chi connectivity index (χ0) is 23.8. The summed E-state index contributed by atoms with van der Waals surface area (Å²) in [7, 11) is 1.65. The molecule has 172 valence electrons. The molecule has 34 heavy (non-hydrogen) atoms. The van der Waals surface area contributed by atoms with Crippen LogP contribution in [0.4, 0.5) is 0 Å². The minimum absolute atomic E-state index is 0.312. The molecule has 1 unspecified atom stereocenters. The third-order valence-corrected chi connectivity index (χ3v) is 6.01. The van der Waals surface area contributed by atoms with Crippen LogP contribution in [0.3, 0.4) is 0 Å². The smallest absolute Gasteiger partial charge is 0.212 e. The number of benzene rings is 4. The maximum Gasteiger partial charge on any atom is 0.212 e. The number of nitrogens with zero attached hydrogens (tertiary/aromatic N) is 1. The van der Waals surface area contributed by atoms with Gasteiger partial charge in [-0.2, -0.15) is 0 Å². The molecule has 1 atom stereocenters. The van der Waals surface area contributed by atoms with Crippen LogP contribution in [0.25, 0.3) is 0 Å². The SMILES string of the molecule is COc1ccc(COC(c2ccccc2)(c2ccccc2C)N(C=O)Cc2ccccc2)cc1. The fourth-order valence-corrected chi connectivity index (χ4v) is 4.25. The van der Waals surface area contributed by atoms with Gasteiger partial charge < -0.3 is 14.4 Å². The van der Waals surface area contributed by atoms with Crippen molar-refractivity contribution >= 4 is 6.41 Å². The average molecular weight is 452 g/mol. The molecule has 0 bridgehead atoms. The molecule has 0 aliphatic carbocycles. The fraction of sp³-hybridized carbons (Fsp3) is 0.167. The first-order valence-electron chi connectivity index (χ1n) is 11.3. The molecule has 0 fully saturated rings. The Kier molecular flexibility index (Phi) is 7.41. The van der Waals surface area contributed by atoms with Crippen molar-refractivity contribution in [3.8, 4) is 5.75 Å². The van der Waals surface area contributed by atoms with Crippen molar-refractivity contribution in [2.24, 2.45) is 0 Å². The second-order valence-corrected chi connectivity index (χ2v) is 8.18. The normalized spacial score (nSPS) is 12.5. The summed E-state index contributed by atoms with van der Waals surface area (Å²) in [6, 6.07) is 35.8. The van der Waals surface area contributed by atoms with E-state index in [0.29, 0.717) is 13.2 Å². The lowest BCUT2D eigenvalue weighted by molar-refractivity contribution is -0.162. The van der Waals surface area contributed by atoms with Crippen molar-refractivity contribution in [1.82, 2.24) is 4.90 Å². The summed E-state index contributed by atoms with van der Waals surface area (Å²) in [5.74, 6) is 0.788. The quantitative estimate of drug-likeness (QED) is 0.217. The van der Waals surface area contributed by atoms with Gasteiger partial charge >= 0.3 is 0 Å². The van der Waals surface area contributed by atoms with Gasteiger partial charge in [0, 0.05) is 17.7 Å². The van der Waals surface area contributed by atoms with Crippen LogP contribution in [0.2, 0.25) is 0 Å². The summed E-state index contributed by atoms with van der Waals surface area (Å²) in [4.78, 5) is 14.5. The summed E-state index contributed by atoms with van der Waals surface area (Å²) in [6.45, 7) is 2.76. The number of carbonyl (C=O) groups is 1. The number of amides is 1. The van der Waals surface area contributed by atoms with Crippen LogP contribution in [0.1, 0.15) is 27.8 Å². The zero-order valence-corrected chi connectivity index (χ0v) is 19.6. The molecular weight excluding hydrogens is 422 g/mol. The molecular formula is C30H29NO3. The lowest BCUT2D eigenvalue weighted by Gasteiger charge is -2.43. The molecule has 0 aliphatic rings. The molecule has 0 saturated heterocycles. The van der Waals surface area contributed by atoms with E-state index in [1.54, 1.807) is 12.0 Å². The monoisotopic (exact) mass is 451 g/mol. The Morgan fingerprint density at radius 3 is 2.00 bits per heavy atom.